The minimum Gasteiger partial charge on any atom is -0.493 e. The fourth-order valence-corrected chi connectivity index (χ4v) is 4.13. The number of hydrogen-bond acceptors (Lipinski definition) is 6. The Morgan fingerprint density at radius 1 is 1.00 bits per heavy atom. The van der Waals surface area contributed by atoms with Gasteiger partial charge >= 0.3 is 6.03 Å². The van der Waals surface area contributed by atoms with Crippen molar-refractivity contribution in [2.24, 2.45) is 0 Å². The minimum absolute atomic E-state index is 0.0927. The van der Waals surface area contributed by atoms with Crippen LogP contribution in [0.15, 0.2) is 60.2 Å². The Morgan fingerprint density at radius 2 is 1.72 bits per heavy atom. The van der Waals surface area contributed by atoms with Gasteiger partial charge in [0.1, 0.15) is 5.57 Å². The molecule has 9 nitrogen and oxygen atoms in total. The lowest BCUT2D eigenvalue weighted by molar-refractivity contribution is -0.122. The summed E-state index contributed by atoms with van der Waals surface area (Å²) in [5.74, 6) is -1.72. The van der Waals surface area contributed by atoms with E-state index in [-0.39, 0.29) is 28.7 Å². The molecular weight excluding hydrogens is 522 g/mol. The zero-order valence-electron chi connectivity index (χ0n) is 21.8. The molecule has 0 saturated carbocycles. The molecule has 0 unspecified atom stereocenters. The van der Waals surface area contributed by atoms with Crippen LogP contribution in [0.25, 0.3) is 6.08 Å². The average molecular weight is 548 g/mol. The molecule has 10 heteroatoms. The highest BCUT2D eigenvalue weighted by molar-refractivity contribution is 6.39. The molecule has 3 aromatic carbocycles. The topological polar surface area (TPSA) is 114 Å². The van der Waals surface area contributed by atoms with E-state index in [0.29, 0.717) is 16.9 Å². The standard InChI is InChI=1S/C29H26ClN3O6/c1-16-5-8-20(9-6-16)31-25(34)15-39-26-23(30)13-19(14-24(26)38-4)12-22-27(35)32-29(37)33(28(22)36)21-10-7-17(2)18(3)11-21/h5-14H,15H2,1-4H3,(H,31,34)(H,32,35,37)/b22-12+. The third-order valence-electron chi connectivity index (χ3n) is 6.10. The number of rotatable bonds is 7. The molecule has 1 heterocycles. The number of anilines is 2. The van der Waals surface area contributed by atoms with Crippen LogP contribution in [-0.2, 0) is 14.4 Å². The molecule has 4 rings (SSSR count). The SMILES string of the molecule is COc1cc(/C=C2\C(=O)NC(=O)N(c3ccc(C)c(C)c3)C2=O)cc(Cl)c1OCC(=O)Nc1ccc(C)cc1. The van der Waals surface area contributed by atoms with Gasteiger partial charge in [-0.05, 0) is 79.9 Å². The van der Waals surface area contributed by atoms with Crippen LogP contribution >= 0.6 is 11.6 Å². The van der Waals surface area contributed by atoms with Crippen LogP contribution < -0.4 is 25.0 Å². The summed E-state index contributed by atoms with van der Waals surface area (Å²) in [6.07, 6.45) is 1.31. The highest BCUT2D eigenvalue weighted by atomic mass is 35.5. The normalized spacial score (nSPS) is 14.3. The Hall–Kier alpha value is -4.63. The van der Waals surface area contributed by atoms with E-state index in [9.17, 15) is 19.2 Å². The summed E-state index contributed by atoms with van der Waals surface area (Å²) in [6.45, 7) is 5.38. The van der Waals surface area contributed by atoms with Crippen molar-refractivity contribution in [1.29, 1.82) is 0 Å². The molecule has 200 valence electrons. The molecule has 0 atom stereocenters. The second-order valence-electron chi connectivity index (χ2n) is 8.96. The summed E-state index contributed by atoms with van der Waals surface area (Å²) in [5.41, 5.74) is 3.98. The molecule has 1 fully saturated rings. The molecule has 1 aliphatic heterocycles. The summed E-state index contributed by atoms with van der Waals surface area (Å²) < 4.78 is 11.0. The first kappa shape index (κ1) is 27.4. The predicted molar refractivity (Wildman–Crippen MR) is 148 cm³/mol. The number of halogens is 1. The van der Waals surface area contributed by atoms with Crippen molar-refractivity contribution in [2.75, 3.05) is 23.9 Å². The predicted octanol–water partition coefficient (Wildman–Crippen LogP) is 4.96. The lowest BCUT2D eigenvalue weighted by Gasteiger charge is -2.27. The van der Waals surface area contributed by atoms with Gasteiger partial charge < -0.3 is 14.8 Å². The number of amides is 5. The maximum absolute atomic E-state index is 13.2. The second kappa shape index (κ2) is 11.4. The third-order valence-corrected chi connectivity index (χ3v) is 6.38. The van der Waals surface area contributed by atoms with Gasteiger partial charge in [-0.15, -0.1) is 0 Å². The Bertz CT molecular complexity index is 1510. The van der Waals surface area contributed by atoms with Crippen LogP contribution in [0.1, 0.15) is 22.3 Å². The van der Waals surface area contributed by atoms with E-state index in [1.165, 1.54) is 25.3 Å². The number of methoxy groups -OCH3 is 1. The smallest absolute Gasteiger partial charge is 0.335 e. The van der Waals surface area contributed by atoms with E-state index in [1.807, 2.05) is 32.9 Å². The van der Waals surface area contributed by atoms with Gasteiger partial charge in [0.05, 0.1) is 17.8 Å². The number of carbonyl (C=O) groups excluding carboxylic acids is 4. The van der Waals surface area contributed by atoms with Gasteiger partial charge in [-0.2, -0.15) is 0 Å². The first-order valence-electron chi connectivity index (χ1n) is 11.9. The third kappa shape index (κ3) is 6.10. The monoisotopic (exact) mass is 547 g/mol. The van der Waals surface area contributed by atoms with Crippen molar-refractivity contribution in [2.45, 2.75) is 20.8 Å². The largest absolute Gasteiger partial charge is 0.493 e. The van der Waals surface area contributed by atoms with Crippen LogP contribution in [0.4, 0.5) is 16.2 Å². The summed E-state index contributed by atoms with van der Waals surface area (Å²) in [4.78, 5) is 51.6. The lowest BCUT2D eigenvalue weighted by atomic mass is 10.0. The zero-order chi connectivity index (χ0) is 28.3. The second-order valence-corrected chi connectivity index (χ2v) is 9.37. The number of nitrogens with one attached hydrogen (secondary N) is 2. The molecule has 1 saturated heterocycles. The Kier molecular flexibility index (Phi) is 8.01. The minimum atomic E-state index is -0.840. The molecule has 5 amide bonds. The van der Waals surface area contributed by atoms with Crippen molar-refractivity contribution in [1.82, 2.24) is 5.32 Å². The molecular formula is C29H26ClN3O6. The quantitative estimate of drug-likeness (QED) is 0.319. The van der Waals surface area contributed by atoms with Gasteiger partial charge in [0.2, 0.25) is 0 Å². The molecule has 0 spiro atoms. The molecule has 3 aromatic rings. The summed E-state index contributed by atoms with van der Waals surface area (Å²) in [5, 5.41) is 5.02. The van der Waals surface area contributed by atoms with Crippen molar-refractivity contribution in [3.63, 3.8) is 0 Å². The molecule has 0 aromatic heterocycles. The van der Waals surface area contributed by atoms with E-state index in [2.05, 4.69) is 10.6 Å². The summed E-state index contributed by atoms with van der Waals surface area (Å²) >= 11 is 6.43. The van der Waals surface area contributed by atoms with Crippen molar-refractivity contribution in [3.05, 3.63) is 87.4 Å². The average Bonchev–Trinajstić information content (AvgIpc) is 2.89. The molecule has 0 aliphatic carbocycles. The van der Waals surface area contributed by atoms with Crippen LogP contribution in [-0.4, -0.2) is 37.5 Å². The van der Waals surface area contributed by atoms with Crippen LogP contribution in [0.2, 0.25) is 5.02 Å². The van der Waals surface area contributed by atoms with Crippen LogP contribution in [0.3, 0.4) is 0 Å². The number of barbiturate groups is 1. The van der Waals surface area contributed by atoms with E-state index in [0.717, 1.165) is 21.6 Å². The van der Waals surface area contributed by atoms with Crippen molar-refractivity contribution in [3.8, 4) is 11.5 Å². The molecule has 0 bridgehead atoms. The van der Waals surface area contributed by atoms with E-state index in [4.69, 9.17) is 21.1 Å². The number of nitrogens with zero attached hydrogens (tertiary/aromatic N) is 1. The summed E-state index contributed by atoms with van der Waals surface area (Å²) in [7, 11) is 1.39. The number of carbonyl (C=O) groups is 4. The molecule has 0 radical (unpaired) electrons. The first-order valence-corrected chi connectivity index (χ1v) is 12.3. The Labute approximate surface area is 230 Å². The first-order chi connectivity index (χ1) is 18.6. The Balaban J connectivity index is 1.56. The molecule has 39 heavy (non-hydrogen) atoms. The van der Waals surface area contributed by atoms with Crippen LogP contribution in [0, 0.1) is 20.8 Å². The van der Waals surface area contributed by atoms with E-state index < -0.39 is 23.8 Å². The maximum atomic E-state index is 13.2. The molecule has 2 N–H and O–H groups in total. The zero-order valence-corrected chi connectivity index (χ0v) is 22.5. The maximum Gasteiger partial charge on any atom is 0.335 e. The van der Waals surface area contributed by atoms with Gasteiger partial charge in [0.15, 0.2) is 18.1 Å². The number of urea groups is 1. The fourth-order valence-electron chi connectivity index (χ4n) is 3.86. The van der Waals surface area contributed by atoms with Gasteiger partial charge in [-0.3, -0.25) is 19.7 Å². The summed E-state index contributed by atoms with van der Waals surface area (Å²) in [6, 6.07) is 14.5. The highest BCUT2D eigenvalue weighted by Crippen LogP contribution is 2.37. The molecule has 1 aliphatic rings. The van der Waals surface area contributed by atoms with Crippen molar-refractivity contribution >= 4 is 52.8 Å². The van der Waals surface area contributed by atoms with Crippen molar-refractivity contribution < 1.29 is 28.7 Å². The van der Waals surface area contributed by atoms with E-state index >= 15 is 0 Å². The van der Waals surface area contributed by atoms with Crippen LogP contribution in [0.5, 0.6) is 11.5 Å². The van der Waals surface area contributed by atoms with Gasteiger partial charge in [0.25, 0.3) is 17.7 Å². The number of hydrogen-bond donors (Lipinski definition) is 2. The van der Waals surface area contributed by atoms with Gasteiger partial charge in [0, 0.05) is 5.69 Å². The fraction of sp³-hybridized carbons (Fsp3) is 0.172. The number of aryl methyl sites for hydroxylation is 3. The van der Waals surface area contributed by atoms with Gasteiger partial charge in [-0.1, -0.05) is 35.4 Å². The number of benzene rings is 3. The lowest BCUT2D eigenvalue weighted by Crippen LogP contribution is -2.54. The van der Waals surface area contributed by atoms with Gasteiger partial charge in [-0.25, -0.2) is 9.69 Å². The number of ether oxygens (including phenoxy) is 2. The highest BCUT2D eigenvalue weighted by Gasteiger charge is 2.37. The van der Waals surface area contributed by atoms with E-state index in [1.54, 1.807) is 30.3 Å². The number of imide groups is 2. The Morgan fingerprint density at radius 3 is 2.38 bits per heavy atom.